The zero-order chi connectivity index (χ0) is 17.5. The summed E-state index contributed by atoms with van der Waals surface area (Å²) in [5.41, 5.74) is 1.17. The molecule has 1 fully saturated rings. The van der Waals surface area contributed by atoms with E-state index in [4.69, 9.17) is 9.47 Å². The first-order chi connectivity index (χ1) is 12.3. The van der Waals surface area contributed by atoms with Crippen LogP contribution in [0.4, 0.5) is 11.8 Å². The van der Waals surface area contributed by atoms with Crippen molar-refractivity contribution in [2.45, 2.75) is 25.7 Å². The summed E-state index contributed by atoms with van der Waals surface area (Å²) in [6.07, 6.45) is 6.19. The number of hydrogen-bond donors (Lipinski definition) is 1. The van der Waals surface area contributed by atoms with Gasteiger partial charge in [-0.1, -0.05) is 6.07 Å². The minimum Gasteiger partial charge on any atom is -0.493 e. The van der Waals surface area contributed by atoms with Crippen LogP contribution in [-0.2, 0) is 6.42 Å². The second-order valence-electron chi connectivity index (χ2n) is 6.06. The summed E-state index contributed by atoms with van der Waals surface area (Å²) in [5, 5.41) is 11.6. The molecule has 0 aliphatic carbocycles. The van der Waals surface area contributed by atoms with Crippen molar-refractivity contribution < 1.29 is 9.47 Å². The molecule has 0 unspecified atom stereocenters. The van der Waals surface area contributed by atoms with Crippen molar-refractivity contribution >= 4 is 11.8 Å². The van der Waals surface area contributed by atoms with E-state index in [2.05, 4.69) is 25.4 Å². The van der Waals surface area contributed by atoms with Crippen LogP contribution in [0.15, 0.2) is 24.4 Å². The first-order valence-electron chi connectivity index (χ1n) is 8.69. The highest BCUT2D eigenvalue weighted by molar-refractivity contribution is 5.43. The van der Waals surface area contributed by atoms with E-state index in [0.717, 1.165) is 49.3 Å². The maximum atomic E-state index is 5.34. The largest absolute Gasteiger partial charge is 0.493 e. The normalized spacial score (nSPS) is 14.2. The Morgan fingerprint density at radius 3 is 2.64 bits per heavy atom. The monoisotopic (exact) mass is 343 g/mol. The van der Waals surface area contributed by atoms with Crippen molar-refractivity contribution in [3.05, 3.63) is 30.0 Å². The average Bonchev–Trinajstić information content (AvgIpc) is 2.69. The third-order valence-corrected chi connectivity index (χ3v) is 4.35. The van der Waals surface area contributed by atoms with Crippen LogP contribution in [0.25, 0.3) is 0 Å². The molecule has 134 valence electrons. The number of nitrogens with one attached hydrogen (secondary N) is 1. The van der Waals surface area contributed by atoms with Crippen molar-refractivity contribution in [2.24, 2.45) is 0 Å². The molecule has 1 aliphatic rings. The summed E-state index contributed by atoms with van der Waals surface area (Å²) in [5.74, 6) is 2.97. The predicted octanol–water partition coefficient (Wildman–Crippen LogP) is 2.53. The SMILES string of the molecule is COc1ccc(CCNc2cnnc(N3CCCCC3)n2)cc1OC. The van der Waals surface area contributed by atoms with Gasteiger partial charge < -0.3 is 19.7 Å². The zero-order valence-corrected chi connectivity index (χ0v) is 14.9. The summed E-state index contributed by atoms with van der Waals surface area (Å²) in [4.78, 5) is 6.79. The molecule has 1 N–H and O–H groups in total. The molecule has 1 saturated heterocycles. The molecular formula is C18H25N5O2. The van der Waals surface area contributed by atoms with Crippen molar-refractivity contribution in [1.82, 2.24) is 15.2 Å². The number of methoxy groups -OCH3 is 2. The molecule has 7 heteroatoms. The maximum absolute atomic E-state index is 5.34. The fraction of sp³-hybridized carbons (Fsp3) is 0.500. The highest BCUT2D eigenvalue weighted by Crippen LogP contribution is 2.27. The minimum atomic E-state index is 0.718. The Kier molecular flexibility index (Phi) is 5.87. The maximum Gasteiger partial charge on any atom is 0.247 e. The van der Waals surface area contributed by atoms with Crippen LogP contribution in [-0.4, -0.2) is 49.0 Å². The summed E-state index contributed by atoms with van der Waals surface area (Å²) in [7, 11) is 3.29. The fourth-order valence-corrected chi connectivity index (χ4v) is 2.98. The van der Waals surface area contributed by atoms with Crippen molar-refractivity contribution in [2.75, 3.05) is 44.1 Å². The molecule has 2 aromatic rings. The molecule has 1 aromatic heterocycles. The lowest BCUT2D eigenvalue weighted by Crippen LogP contribution is -2.31. The minimum absolute atomic E-state index is 0.718. The van der Waals surface area contributed by atoms with Crippen LogP contribution in [0.1, 0.15) is 24.8 Å². The number of rotatable bonds is 7. The van der Waals surface area contributed by atoms with E-state index >= 15 is 0 Å². The van der Waals surface area contributed by atoms with E-state index in [1.54, 1.807) is 20.4 Å². The number of aromatic nitrogens is 3. The lowest BCUT2D eigenvalue weighted by atomic mass is 10.1. The molecule has 0 bridgehead atoms. The molecule has 7 nitrogen and oxygen atoms in total. The quantitative estimate of drug-likeness (QED) is 0.828. The fourth-order valence-electron chi connectivity index (χ4n) is 2.98. The van der Waals surface area contributed by atoms with Gasteiger partial charge in [0.1, 0.15) is 0 Å². The second-order valence-corrected chi connectivity index (χ2v) is 6.06. The molecule has 0 radical (unpaired) electrons. The molecule has 0 amide bonds. The lowest BCUT2D eigenvalue weighted by Gasteiger charge is -2.26. The Labute approximate surface area is 148 Å². The van der Waals surface area contributed by atoms with E-state index in [0.29, 0.717) is 0 Å². The highest BCUT2D eigenvalue weighted by atomic mass is 16.5. The second kappa shape index (κ2) is 8.50. The molecule has 1 aromatic carbocycles. The van der Waals surface area contributed by atoms with Gasteiger partial charge in [0.25, 0.3) is 0 Å². The van der Waals surface area contributed by atoms with Gasteiger partial charge in [0.2, 0.25) is 5.95 Å². The van der Waals surface area contributed by atoms with Gasteiger partial charge in [0.05, 0.1) is 20.4 Å². The van der Waals surface area contributed by atoms with E-state index < -0.39 is 0 Å². The third-order valence-electron chi connectivity index (χ3n) is 4.35. The molecule has 2 heterocycles. The number of benzene rings is 1. The molecular weight excluding hydrogens is 318 g/mol. The van der Waals surface area contributed by atoms with Gasteiger partial charge in [-0.25, -0.2) is 0 Å². The van der Waals surface area contributed by atoms with E-state index in [-0.39, 0.29) is 0 Å². The number of piperidine rings is 1. The van der Waals surface area contributed by atoms with E-state index in [1.807, 2.05) is 18.2 Å². The molecule has 0 spiro atoms. The van der Waals surface area contributed by atoms with E-state index in [9.17, 15) is 0 Å². The topological polar surface area (TPSA) is 72.4 Å². The lowest BCUT2D eigenvalue weighted by molar-refractivity contribution is 0.354. The van der Waals surface area contributed by atoms with Crippen LogP contribution >= 0.6 is 0 Å². The first kappa shape index (κ1) is 17.3. The molecule has 25 heavy (non-hydrogen) atoms. The Bertz CT molecular complexity index is 689. The number of anilines is 2. The summed E-state index contributed by atoms with van der Waals surface area (Å²) < 4.78 is 10.6. The van der Waals surface area contributed by atoms with Gasteiger partial charge >= 0.3 is 0 Å². The zero-order valence-electron chi connectivity index (χ0n) is 14.9. The van der Waals surface area contributed by atoms with Crippen LogP contribution in [0.2, 0.25) is 0 Å². The number of ether oxygens (including phenoxy) is 2. The summed E-state index contributed by atoms with van der Waals surface area (Å²) >= 11 is 0. The highest BCUT2D eigenvalue weighted by Gasteiger charge is 2.14. The Balaban J connectivity index is 1.57. The van der Waals surface area contributed by atoms with Gasteiger partial charge in [-0.3, -0.25) is 0 Å². The van der Waals surface area contributed by atoms with Crippen LogP contribution < -0.4 is 19.7 Å². The molecule has 3 rings (SSSR count). The van der Waals surface area contributed by atoms with Gasteiger partial charge in [0.15, 0.2) is 17.3 Å². The Hall–Kier alpha value is -2.57. The van der Waals surface area contributed by atoms with Crippen LogP contribution in [0, 0.1) is 0 Å². The molecule has 0 atom stereocenters. The number of nitrogens with zero attached hydrogens (tertiary/aromatic N) is 4. The smallest absolute Gasteiger partial charge is 0.247 e. The number of hydrogen-bond acceptors (Lipinski definition) is 7. The molecule has 0 saturated carbocycles. The standard InChI is InChI=1S/C18H25N5O2/c1-24-15-7-6-14(12-16(15)25-2)8-9-19-17-13-20-22-18(21-17)23-10-4-3-5-11-23/h6-7,12-13H,3-5,8-11H2,1-2H3,(H,19,21,22). The van der Waals surface area contributed by atoms with Gasteiger partial charge in [-0.2, -0.15) is 10.1 Å². The molecule has 1 aliphatic heterocycles. The summed E-state index contributed by atoms with van der Waals surface area (Å²) in [6.45, 7) is 2.78. The van der Waals surface area contributed by atoms with Gasteiger partial charge in [0, 0.05) is 19.6 Å². The average molecular weight is 343 g/mol. The summed E-state index contributed by atoms with van der Waals surface area (Å²) in [6, 6.07) is 5.97. The predicted molar refractivity (Wildman–Crippen MR) is 97.6 cm³/mol. The van der Waals surface area contributed by atoms with Crippen molar-refractivity contribution in [1.29, 1.82) is 0 Å². The van der Waals surface area contributed by atoms with E-state index in [1.165, 1.54) is 24.8 Å². The van der Waals surface area contributed by atoms with Crippen LogP contribution in [0.5, 0.6) is 11.5 Å². The van der Waals surface area contributed by atoms with Crippen LogP contribution in [0.3, 0.4) is 0 Å². The Morgan fingerprint density at radius 1 is 1.08 bits per heavy atom. The first-order valence-corrected chi connectivity index (χ1v) is 8.69. The van der Waals surface area contributed by atoms with Gasteiger partial charge in [-0.05, 0) is 43.4 Å². The van der Waals surface area contributed by atoms with Gasteiger partial charge in [-0.15, -0.1) is 5.10 Å². The van der Waals surface area contributed by atoms with Crippen molar-refractivity contribution in [3.8, 4) is 11.5 Å². The Morgan fingerprint density at radius 2 is 1.88 bits per heavy atom. The third kappa shape index (κ3) is 4.49. The van der Waals surface area contributed by atoms with Crippen molar-refractivity contribution in [3.63, 3.8) is 0 Å².